The molecule has 9 nitrogen and oxygen atoms in total. The van der Waals surface area contributed by atoms with Crippen molar-refractivity contribution in [3.8, 4) is 5.75 Å². The van der Waals surface area contributed by atoms with Gasteiger partial charge in [-0.15, -0.1) is 0 Å². The first kappa shape index (κ1) is 27.3. The van der Waals surface area contributed by atoms with E-state index < -0.39 is 22.0 Å². The summed E-state index contributed by atoms with van der Waals surface area (Å²) in [6.07, 6.45) is 0.145. The second-order valence-electron chi connectivity index (χ2n) is 8.89. The number of benzene rings is 3. The summed E-state index contributed by atoms with van der Waals surface area (Å²) in [6.45, 7) is 1.77. The van der Waals surface area contributed by atoms with Gasteiger partial charge in [0.05, 0.1) is 25.2 Å². The lowest BCUT2D eigenvalue weighted by molar-refractivity contribution is -0.119. The van der Waals surface area contributed by atoms with Crippen molar-refractivity contribution in [3.63, 3.8) is 0 Å². The molecular formula is C28H31N3O6S. The van der Waals surface area contributed by atoms with Crippen molar-refractivity contribution < 1.29 is 27.5 Å². The first-order valence-electron chi connectivity index (χ1n) is 12.2. The predicted octanol–water partition coefficient (Wildman–Crippen LogP) is 2.72. The van der Waals surface area contributed by atoms with Crippen LogP contribution in [0.3, 0.4) is 0 Å². The Balaban J connectivity index is 1.59. The van der Waals surface area contributed by atoms with Gasteiger partial charge in [-0.25, -0.2) is 8.42 Å². The number of nitrogens with zero attached hydrogens (tertiary/aromatic N) is 2. The molecular weight excluding hydrogens is 506 g/mol. The molecule has 2 amide bonds. The van der Waals surface area contributed by atoms with Crippen LogP contribution in [0.5, 0.6) is 5.75 Å². The van der Waals surface area contributed by atoms with Gasteiger partial charge in [-0.1, -0.05) is 36.4 Å². The van der Waals surface area contributed by atoms with Gasteiger partial charge in [0.2, 0.25) is 15.9 Å². The van der Waals surface area contributed by atoms with Crippen LogP contribution in [-0.4, -0.2) is 71.6 Å². The standard InChI is InChI=1S/C28H31N3O6S/c1-30(23-11-13-24(36-2)14-12-23)28(33)26(19-21-7-4-3-5-8-21)29-38(34,35)25-10-6-9-22(20-25)27(32)31-15-17-37-18-16-31/h3-14,20,26,29H,15-19H2,1-2H3/t26-/m0/s1. The Morgan fingerprint density at radius 3 is 2.34 bits per heavy atom. The van der Waals surface area contributed by atoms with E-state index in [4.69, 9.17) is 9.47 Å². The fourth-order valence-corrected chi connectivity index (χ4v) is 5.43. The number of anilines is 1. The molecule has 4 rings (SSSR count). The molecule has 3 aromatic rings. The van der Waals surface area contributed by atoms with Gasteiger partial charge in [-0.3, -0.25) is 9.59 Å². The molecule has 0 spiro atoms. The number of sulfonamides is 1. The molecule has 0 saturated carbocycles. The van der Waals surface area contributed by atoms with Crippen molar-refractivity contribution in [2.24, 2.45) is 0 Å². The fourth-order valence-electron chi connectivity index (χ4n) is 4.20. The molecule has 0 unspecified atom stereocenters. The van der Waals surface area contributed by atoms with E-state index in [-0.39, 0.29) is 22.8 Å². The summed E-state index contributed by atoms with van der Waals surface area (Å²) in [5.41, 5.74) is 1.65. The SMILES string of the molecule is COc1ccc(N(C)C(=O)[C@H](Cc2ccccc2)NS(=O)(=O)c2cccc(C(=O)N3CCOCC3)c2)cc1. The topological polar surface area (TPSA) is 105 Å². The molecule has 0 aliphatic carbocycles. The Bertz CT molecular complexity index is 1360. The summed E-state index contributed by atoms with van der Waals surface area (Å²) in [6, 6.07) is 20.9. The van der Waals surface area contributed by atoms with E-state index in [2.05, 4.69) is 4.72 Å². The van der Waals surface area contributed by atoms with Gasteiger partial charge in [-0.05, 0) is 54.4 Å². The number of nitrogens with one attached hydrogen (secondary N) is 1. The summed E-state index contributed by atoms with van der Waals surface area (Å²) in [5, 5.41) is 0. The minimum atomic E-state index is -4.15. The van der Waals surface area contributed by atoms with E-state index in [1.165, 1.54) is 23.1 Å². The van der Waals surface area contributed by atoms with Gasteiger partial charge in [-0.2, -0.15) is 4.72 Å². The molecule has 1 aliphatic rings. The van der Waals surface area contributed by atoms with Crippen LogP contribution in [-0.2, 0) is 26.0 Å². The van der Waals surface area contributed by atoms with Gasteiger partial charge >= 0.3 is 0 Å². The molecule has 10 heteroatoms. The number of amides is 2. The third-order valence-electron chi connectivity index (χ3n) is 6.36. The van der Waals surface area contributed by atoms with Gasteiger partial charge < -0.3 is 19.3 Å². The molecule has 200 valence electrons. The zero-order valence-electron chi connectivity index (χ0n) is 21.4. The summed E-state index contributed by atoms with van der Waals surface area (Å²) in [7, 11) is -1.00. The number of ether oxygens (including phenoxy) is 2. The Kier molecular flexibility index (Phi) is 8.77. The number of rotatable bonds is 9. The van der Waals surface area contributed by atoms with Gasteiger partial charge in [0.25, 0.3) is 5.91 Å². The minimum Gasteiger partial charge on any atom is -0.497 e. The van der Waals surface area contributed by atoms with Crippen molar-refractivity contribution in [3.05, 3.63) is 90.0 Å². The van der Waals surface area contributed by atoms with E-state index >= 15 is 0 Å². The number of carbonyl (C=O) groups excluding carboxylic acids is 2. The molecule has 1 N–H and O–H groups in total. The van der Waals surface area contributed by atoms with Crippen molar-refractivity contribution in [2.75, 3.05) is 45.4 Å². The average molecular weight is 538 g/mol. The van der Waals surface area contributed by atoms with Crippen LogP contribution in [0.2, 0.25) is 0 Å². The molecule has 1 atom stereocenters. The quantitative estimate of drug-likeness (QED) is 0.450. The van der Waals surface area contributed by atoms with Crippen molar-refractivity contribution in [2.45, 2.75) is 17.4 Å². The molecule has 1 saturated heterocycles. The zero-order chi connectivity index (χ0) is 27.1. The molecule has 0 bridgehead atoms. The number of morpholine rings is 1. The summed E-state index contributed by atoms with van der Waals surface area (Å²) < 4.78 is 40.1. The third-order valence-corrected chi connectivity index (χ3v) is 7.83. The maximum Gasteiger partial charge on any atom is 0.254 e. The molecule has 38 heavy (non-hydrogen) atoms. The van der Waals surface area contributed by atoms with E-state index in [0.29, 0.717) is 37.7 Å². The van der Waals surface area contributed by atoms with Gasteiger partial charge in [0.15, 0.2) is 0 Å². The maximum absolute atomic E-state index is 13.6. The normalized spacial score (nSPS) is 14.5. The average Bonchev–Trinajstić information content (AvgIpc) is 2.96. The predicted molar refractivity (Wildman–Crippen MR) is 144 cm³/mol. The molecule has 3 aromatic carbocycles. The van der Waals surface area contributed by atoms with E-state index in [9.17, 15) is 18.0 Å². The second kappa shape index (κ2) is 12.2. The highest BCUT2D eigenvalue weighted by Gasteiger charge is 2.30. The van der Waals surface area contributed by atoms with Crippen LogP contribution in [0.25, 0.3) is 0 Å². The van der Waals surface area contributed by atoms with Crippen molar-refractivity contribution in [1.29, 1.82) is 0 Å². The Morgan fingerprint density at radius 2 is 1.68 bits per heavy atom. The van der Waals surface area contributed by atoms with Crippen LogP contribution in [0.4, 0.5) is 5.69 Å². The summed E-state index contributed by atoms with van der Waals surface area (Å²) in [4.78, 5) is 29.5. The van der Waals surface area contributed by atoms with Gasteiger partial charge in [0.1, 0.15) is 11.8 Å². The molecule has 1 fully saturated rings. The first-order valence-corrected chi connectivity index (χ1v) is 13.7. The smallest absolute Gasteiger partial charge is 0.254 e. The number of carbonyl (C=O) groups is 2. The lowest BCUT2D eigenvalue weighted by Crippen LogP contribution is -2.48. The largest absolute Gasteiger partial charge is 0.497 e. The van der Waals surface area contributed by atoms with Gasteiger partial charge in [0, 0.05) is 31.4 Å². The van der Waals surface area contributed by atoms with Crippen LogP contribution >= 0.6 is 0 Å². The Labute approximate surface area is 223 Å². The van der Waals surface area contributed by atoms with E-state index in [0.717, 1.165) is 5.56 Å². The highest BCUT2D eigenvalue weighted by Crippen LogP contribution is 2.21. The van der Waals surface area contributed by atoms with Crippen LogP contribution < -0.4 is 14.4 Å². The summed E-state index contributed by atoms with van der Waals surface area (Å²) in [5.74, 6) is -0.0488. The maximum atomic E-state index is 13.6. The number of likely N-dealkylation sites (N-methyl/N-ethyl adjacent to an activating group) is 1. The molecule has 0 aromatic heterocycles. The molecule has 1 aliphatic heterocycles. The van der Waals surface area contributed by atoms with Crippen molar-refractivity contribution in [1.82, 2.24) is 9.62 Å². The zero-order valence-corrected chi connectivity index (χ0v) is 22.2. The molecule has 0 radical (unpaired) electrons. The number of hydrogen-bond acceptors (Lipinski definition) is 6. The lowest BCUT2D eigenvalue weighted by Gasteiger charge is -2.27. The van der Waals surface area contributed by atoms with Crippen LogP contribution in [0, 0.1) is 0 Å². The van der Waals surface area contributed by atoms with Crippen LogP contribution in [0.1, 0.15) is 15.9 Å². The van der Waals surface area contributed by atoms with E-state index in [1.807, 2.05) is 30.3 Å². The Morgan fingerprint density at radius 1 is 1.00 bits per heavy atom. The second-order valence-corrected chi connectivity index (χ2v) is 10.6. The van der Waals surface area contributed by atoms with Crippen molar-refractivity contribution >= 4 is 27.5 Å². The third kappa shape index (κ3) is 6.58. The van der Waals surface area contributed by atoms with Crippen LogP contribution in [0.15, 0.2) is 83.8 Å². The highest BCUT2D eigenvalue weighted by atomic mass is 32.2. The fraction of sp³-hybridized carbons (Fsp3) is 0.286. The molecule has 1 heterocycles. The summed E-state index contributed by atoms with van der Waals surface area (Å²) >= 11 is 0. The monoisotopic (exact) mass is 537 g/mol. The van der Waals surface area contributed by atoms with E-state index in [1.54, 1.807) is 49.4 Å². The number of methoxy groups -OCH3 is 1. The first-order chi connectivity index (χ1) is 18.3. The lowest BCUT2D eigenvalue weighted by atomic mass is 10.1. The Hall–Kier alpha value is -3.73. The highest BCUT2D eigenvalue weighted by molar-refractivity contribution is 7.89. The number of hydrogen-bond donors (Lipinski definition) is 1. The minimum absolute atomic E-state index is 0.0884.